The van der Waals surface area contributed by atoms with Crippen LogP contribution in [-0.4, -0.2) is 21.5 Å². The Bertz CT molecular complexity index is 708. The molecule has 0 heterocycles. The largest absolute Gasteiger partial charge is 0.595 e. The molecular weight excluding hydrogens is 336 g/mol. The fourth-order valence-corrected chi connectivity index (χ4v) is 2.06. The van der Waals surface area contributed by atoms with Crippen molar-refractivity contribution in [2.75, 3.05) is 0 Å². The SMILES string of the molecule is O=C(NCc1ccc([NH+]([O-])O)cc1)c1cc([NH+]([O-])O)cc([NH+]([O-])O)c1. The van der Waals surface area contributed by atoms with Crippen molar-refractivity contribution in [2.24, 2.45) is 0 Å². The zero-order valence-corrected chi connectivity index (χ0v) is 12.7. The van der Waals surface area contributed by atoms with Crippen LogP contribution in [0.15, 0.2) is 42.5 Å². The van der Waals surface area contributed by atoms with Crippen LogP contribution in [0, 0.1) is 15.6 Å². The minimum Gasteiger partial charge on any atom is -0.595 e. The van der Waals surface area contributed by atoms with E-state index in [9.17, 15) is 20.4 Å². The van der Waals surface area contributed by atoms with Gasteiger partial charge in [0.25, 0.3) is 5.91 Å². The second-order valence-corrected chi connectivity index (χ2v) is 5.09. The number of quaternary nitrogens is 3. The average molecular weight is 352 g/mol. The molecule has 3 unspecified atom stereocenters. The Morgan fingerprint density at radius 2 is 1.32 bits per heavy atom. The van der Waals surface area contributed by atoms with E-state index >= 15 is 0 Å². The second-order valence-electron chi connectivity index (χ2n) is 5.09. The summed E-state index contributed by atoms with van der Waals surface area (Å²) in [5, 5.41) is 58.5. The van der Waals surface area contributed by atoms with Gasteiger partial charge in [0.2, 0.25) is 0 Å². The summed E-state index contributed by atoms with van der Waals surface area (Å²) in [6.45, 7) is 0.0679. The van der Waals surface area contributed by atoms with Gasteiger partial charge in [0, 0.05) is 30.8 Å². The van der Waals surface area contributed by atoms with Crippen molar-refractivity contribution in [3.8, 4) is 0 Å². The van der Waals surface area contributed by atoms with Crippen LogP contribution in [0.5, 0.6) is 0 Å². The topological polar surface area (TPSA) is 172 Å². The summed E-state index contributed by atoms with van der Waals surface area (Å²) in [4.78, 5) is 12.2. The molecule has 3 atom stereocenters. The Balaban J connectivity index is 2.12. The lowest BCUT2D eigenvalue weighted by Gasteiger charge is -2.17. The molecule has 2 rings (SSSR count). The number of amides is 1. The van der Waals surface area contributed by atoms with Crippen molar-refractivity contribution in [1.82, 2.24) is 5.32 Å². The molecule has 0 saturated heterocycles. The number of carbonyl (C=O) groups excluding carboxylic acids is 1. The van der Waals surface area contributed by atoms with Gasteiger partial charge in [0.15, 0.2) is 17.1 Å². The van der Waals surface area contributed by atoms with E-state index in [0.717, 1.165) is 18.2 Å². The first-order valence-electron chi connectivity index (χ1n) is 7.00. The Morgan fingerprint density at radius 1 is 0.840 bits per heavy atom. The molecule has 11 nitrogen and oxygen atoms in total. The summed E-state index contributed by atoms with van der Waals surface area (Å²) < 4.78 is 0. The standard InChI is InChI=1S/C14H16N4O7/c19-14(15-8-9-1-3-11(4-2-9)16(20)21)10-5-12(17(22)23)7-13(6-10)18(24)25/h1-7,16-18,20,22,24H,8H2,(H,15,19). The van der Waals surface area contributed by atoms with E-state index < -0.39 is 21.6 Å². The molecule has 2 aromatic carbocycles. The van der Waals surface area contributed by atoms with Crippen LogP contribution in [0.3, 0.4) is 0 Å². The second kappa shape index (κ2) is 8.09. The molecule has 0 fully saturated rings. The third-order valence-electron chi connectivity index (χ3n) is 3.34. The van der Waals surface area contributed by atoms with Gasteiger partial charge in [-0.05, 0) is 5.56 Å². The van der Waals surface area contributed by atoms with E-state index in [1.807, 2.05) is 0 Å². The van der Waals surface area contributed by atoms with Gasteiger partial charge in [-0.3, -0.25) is 4.79 Å². The molecule has 0 bridgehead atoms. The van der Waals surface area contributed by atoms with Crippen molar-refractivity contribution >= 4 is 23.0 Å². The monoisotopic (exact) mass is 352 g/mol. The predicted molar refractivity (Wildman–Crippen MR) is 81.4 cm³/mol. The molecule has 0 saturated carbocycles. The van der Waals surface area contributed by atoms with Gasteiger partial charge < -0.3 is 20.9 Å². The number of nitrogens with one attached hydrogen (secondary N) is 4. The summed E-state index contributed by atoms with van der Waals surface area (Å²) in [6, 6.07) is 8.95. The van der Waals surface area contributed by atoms with Gasteiger partial charge in [-0.25, -0.2) is 15.6 Å². The van der Waals surface area contributed by atoms with Gasteiger partial charge in [-0.2, -0.15) is 15.7 Å². The first-order chi connectivity index (χ1) is 11.8. The van der Waals surface area contributed by atoms with E-state index in [1.165, 1.54) is 24.3 Å². The molecule has 11 heteroatoms. The maximum absolute atomic E-state index is 12.2. The highest BCUT2D eigenvalue weighted by molar-refractivity contribution is 5.95. The van der Waals surface area contributed by atoms with Crippen molar-refractivity contribution in [3.05, 3.63) is 69.2 Å². The molecule has 1 amide bonds. The average Bonchev–Trinajstić information content (AvgIpc) is 2.59. The van der Waals surface area contributed by atoms with E-state index in [-0.39, 0.29) is 29.2 Å². The van der Waals surface area contributed by atoms with Crippen molar-refractivity contribution in [2.45, 2.75) is 6.54 Å². The smallest absolute Gasteiger partial charge is 0.252 e. The number of hydrogen-bond acceptors (Lipinski definition) is 7. The fourth-order valence-electron chi connectivity index (χ4n) is 2.06. The lowest BCUT2D eigenvalue weighted by molar-refractivity contribution is -0.996. The molecule has 0 aromatic heterocycles. The number of benzene rings is 2. The zero-order chi connectivity index (χ0) is 18.6. The van der Waals surface area contributed by atoms with Crippen LogP contribution in [0.4, 0.5) is 17.1 Å². The molecule has 0 spiro atoms. The van der Waals surface area contributed by atoms with E-state index in [1.54, 1.807) is 0 Å². The van der Waals surface area contributed by atoms with Gasteiger partial charge in [0.1, 0.15) is 0 Å². The van der Waals surface area contributed by atoms with Crippen LogP contribution in [0.2, 0.25) is 0 Å². The molecule has 0 aliphatic carbocycles. The lowest BCUT2D eigenvalue weighted by atomic mass is 10.1. The minimum absolute atomic E-state index is 0.0679. The highest BCUT2D eigenvalue weighted by Crippen LogP contribution is 2.14. The summed E-state index contributed by atoms with van der Waals surface area (Å²) in [6.07, 6.45) is 0. The van der Waals surface area contributed by atoms with Crippen LogP contribution < -0.4 is 21.0 Å². The Labute approximate surface area is 141 Å². The van der Waals surface area contributed by atoms with E-state index in [2.05, 4.69) is 5.32 Å². The molecule has 0 radical (unpaired) electrons. The number of hydrogen-bond donors (Lipinski definition) is 7. The van der Waals surface area contributed by atoms with Crippen molar-refractivity contribution in [3.63, 3.8) is 0 Å². The van der Waals surface area contributed by atoms with E-state index in [0.29, 0.717) is 5.56 Å². The van der Waals surface area contributed by atoms with Crippen LogP contribution in [0.25, 0.3) is 0 Å². The molecule has 25 heavy (non-hydrogen) atoms. The fraction of sp³-hybridized carbons (Fsp3) is 0.0714. The summed E-state index contributed by atoms with van der Waals surface area (Å²) in [7, 11) is 0. The third-order valence-corrected chi connectivity index (χ3v) is 3.34. The highest BCUT2D eigenvalue weighted by Gasteiger charge is 2.15. The first kappa shape index (κ1) is 18.9. The number of rotatable bonds is 6. The lowest BCUT2D eigenvalue weighted by Crippen LogP contribution is -3.00. The Kier molecular flexibility index (Phi) is 6.11. The van der Waals surface area contributed by atoms with Crippen LogP contribution in [-0.2, 0) is 6.54 Å². The maximum Gasteiger partial charge on any atom is 0.252 e. The molecule has 134 valence electrons. The Morgan fingerprint density at radius 3 is 1.76 bits per heavy atom. The quantitative estimate of drug-likeness (QED) is 0.290. The predicted octanol–water partition coefficient (Wildman–Crippen LogP) is -2.17. The number of carbonyl (C=O) groups is 1. The van der Waals surface area contributed by atoms with Crippen LogP contribution in [0.1, 0.15) is 15.9 Å². The van der Waals surface area contributed by atoms with Gasteiger partial charge in [0.05, 0.1) is 11.6 Å². The first-order valence-corrected chi connectivity index (χ1v) is 7.00. The Hall–Kier alpha value is -2.45. The summed E-state index contributed by atoms with van der Waals surface area (Å²) in [5.41, 5.74) is 0.0210. The summed E-state index contributed by atoms with van der Waals surface area (Å²) >= 11 is 0. The minimum atomic E-state index is -1.35. The van der Waals surface area contributed by atoms with Crippen molar-refractivity contribution < 1.29 is 36.1 Å². The third kappa shape index (κ3) is 5.01. The maximum atomic E-state index is 12.2. The summed E-state index contributed by atoms with van der Waals surface area (Å²) in [5.74, 6) is -0.645. The van der Waals surface area contributed by atoms with Gasteiger partial charge >= 0.3 is 0 Å². The zero-order valence-electron chi connectivity index (χ0n) is 12.7. The molecule has 0 aliphatic heterocycles. The molecule has 7 N–H and O–H groups in total. The van der Waals surface area contributed by atoms with Crippen LogP contribution >= 0.6 is 0 Å². The molecule has 0 aliphatic rings. The normalized spacial score (nSPS) is 14.6. The van der Waals surface area contributed by atoms with Gasteiger partial charge in [-0.15, -0.1) is 0 Å². The van der Waals surface area contributed by atoms with Crippen molar-refractivity contribution in [1.29, 1.82) is 0 Å². The van der Waals surface area contributed by atoms with Gasteiger partial charge in [-0.1, -0.05) is 12.1 Å². The molecular formula is C14H16N4O7. The highest BCUT2D eigenvalue weighted by atomic mass is 16.8. The van der Waals surface area contributed by atoms with E-state index in [4.69, 9.17) is 15.6 Å². The molecule has 2 aromatic rings.